The maximum atomic E-state index is 11.7. The number of aliphatic hydroxyl groups excluding tert-OH is 1. The smallest absolute Gasteiger partial charge is 0.237 e. The molecule has 0 spiro atoms. The molecular formula is C14H24Cl2N4O2. The fourth-order valence-corrected chi connectivity index (χ4v) is 2.13. The molecule has 0 aromatic carbocycles. The number of carbonyl (C=O) groups is 1. The molecule has 2 unspecified atom stereocenters. The molecule has 1 aromatic rings. The summed E-state index contributed by atoms with van der Waals surface area (Å²) in [5, 5.41) is 18.4. The molecule has 1 fully saturated rings. The predicted molar refractivity (Wildman–Crippen MR) is 92.0 cm³/mol. The Labute approximate surface area is 143 Å². The van der Waals surface area contributed by atoms with Gasteiger partial charge in [-0.1, -0.05) is 6.07 Å². The van der Waals surface area contributed by atoms with Gasteiger partial charge in [-0.3, -0.25) is 4.79 Å². The van der Waals surface area contributed by atoms with Crippen molar-refractivity contribution in [3.05, 3.63) is 23.9 Å². The van der Waals surface area contributed by atoms with Crippen LogP contribution in [0.4, 0.5) is 5.82 Å². The van der Waals surface area contributed by atoms with E-state index in [2.05, 4.69) is 20.9 Å². The number of pyridine rings is 1. The molecule has 6 nitrogen and oxygen atoms in total. The van der Waals surface area contributed by atoms with Crippen molar-refractivity contribution in [1.82, 2.24) is 15.6 Å². The van der Waals surface area contributed by atoms with Gasteiger partial charge in [0.25, 0.3) is 0 Å². The molecule has 2 rings (SSSR count). The predicted octanol–water partition coefficient (Wildman–Crippen LogP) is 0.875. The second-order valence-corrected chi connectivity index (χ2v) is 5.14. The molecule has 4 N–H and O–H groups in total. The Kier molecular flexibility index (Phi) is 10.1. The number of nitrogens with one attached hydrogen (secondary N) is 3. The van der Waals surface area contributed by atoms with Crippen LogP contribution in [-0.4, -0.2) is 47.8 Å². The summed E-state index contributed by atoms with van der Waals surface area (Å²) < 4.78 is 0. The minimum absolute atomic E-state index is 0. The number of amides is 1. The van der Waals surface area contributed by atoms with Crippen LogP contribution >= 0.6 is 24.8 Å². The number of rotatable bonds is 6. The second kappa shape index (κ2) is 10.6. The summed E-state index contributed by atoms with van der Waals surface area (Å²) in [7, 11) is 0. The fourth-order valence-electron chi connectivity index (χ4n) is 2.13. The molecule has 0 bridgehead atoms. The summed E-state index contributed by atoms with van der Waals surface area (Å²) in [4.78, 5) is 16.0. The number of anilines is 1. The summed E-state index contributed by atoms with van der Waals surface area (Å²) in [5.41, 5.74) is 1.13. The summed E-state index contributed by atoms with van der Waals surface area (Å²) in [6, 6.07) is 3.70. The molecule has 2 atom stereocenters. The van der Waals surface area contributed by atoms with E-state index in [1.54, 1.807) is 0 Å². The zero-order chi connectivity index (χ0) is 14.4. The van der Waals surface area contributed by atoms with Crippen LogP contribution in [0, 0.1) is 6.92 Å². The van der Waals surface area contributed by atoms with Crippen molar-refractivity contribution in [2.75, 3.05) is 25.0 Å². The SMILES string of the molecule is Cc1ccc(NCCCNC(=O)C2CC(O)CN2)nc1.Cl.Cl. The number of β-amino-alcohol motifs (C(OH)–C–C–N with tert-alkyl or cyclic N) is 1. The first-order chi connectivity index (χ1) is 9.65. The second-order valence-electron chi connectivity index (χ2n) is 5.14. The monoisotopic (exact) mass is 350 g/mol. The van der Waals surface area contributed by atoms with E-state index in [0.717, 1.165) is 24.3 Å². The van der Waals surface area contributed by atoms with E-state index in [9.17, 15) is 9.90 Å². The molecule has 0 aliphatic carbocycles. The van der Waals surface area contributed by atoms with Gasteiger partial charge in [-0.05, 0) is 31.4 Å². The molecule has 1 saturated heterocycles. The lowest BCUT2D eigenvalue weighted by molar-refractivity contribution is -0.122. The van der Waals surface area contributed by atoms with Gasteiger partial charge in [-0.2, -0.15) is 0 Å². The molecule has 0 radical (unpaired) electrons. The molecule has 8 heteroatoms. The van der Waals surface area contributed by atoms with E-state index in [4.69, 9.17) is 0 Å². The maximum absolute atomic E-state index is 11.7. The Hall–Kier alpha value is -1.08. The number of aryl methyl sites for hydroxylation is 1. The lowest BCUT2D eigenvalue weighted by Crippen LogP contribution is -2.41. The van der Waals surface area contributed by atoms with Crippen molar-refractivity contribution in [3.63, 3.8) is 0 Å². The van der Waals surface area contributed by atoms with Gasteiger partial charge in [-0.15, -0.1) is 24.8 Å². The van der Waals surface area contributed by atoms with E-state index >= 15 is 0 Å². The van der Waals surface area contributed by atoms with Crippen molar-refractivity contribution in [1.29, 1.82) is 0 Å². The average Bonchev–Trinajstić information content (AvgIpc) is 2.87. The molecule has 2 heterocycles. The first-order valence-electron chi connectivity index (χ1n) is 7.01. The molecule has 1 amide bonds. The normalized spacial score (nSPS) is 19.7. The third kappa shape index (κ3) is 6.79. The highest BCUT2D eigenvalue weighted by atomic mass is 35.5. The molecular weight excluding hydrogens is 327 g/mol. The van der Waals surface area contributed by atoms with Crippen LogP contribution in [0.25, 0.3) is 0 Å². The zero-order valence-electron chi connectivity index (χ0n) is 12.5. The van der Waals surface area contributed by atoms with Gasteiger partial charge in [0, 0.05) is 25.8 Å². The fraction of sp³-hybridized carbons (Fsp3) is 0.571. The number of nitrogens with zero attached hydrogens (tertiary/aromatic N) is 1. The summed E-state index contributed by atoms with van der Waals surface area (Å²) in [6.45, 7) is 3.88. The van der Waals surface area contributed by atoms with Crippen LogP contribution in [0.5, 0.6) is 0 Å². The van der Waals surface area contributed by atoms with E-state index in [1.165, 1.54) is 0 Å². The van der Waals surface area contributed by atoms with Crippen LogP contribution in [0.2, 0.25) is 0 Å². The third-order valence-electron chi connectivity index (χ3n) is 3.29. The van der Waals surface area contributed by atoms with Crippen molar-refractivity contribution in [2.24, 2.45) is 0 Å². The lowest BCUT2D eigenvalue weighted by atomic mass is 10.2. The highest BCUT2D eigenvalue weighted by molar-refractivity contribution is 5.85. The number of hydrogen-bond acceptors (Lipinski definition) is 5. The highest BCUT2D eigenvalue weighted by Gasteiger charge is 2.27. The third-order valence-corrected chi connectivity index (χ3v) is 3.29. The number of aliphatic hydroxyl groups is 1. The number of halogens is 2. The molecule has 126 valence electrons. The first-order valence-corrected chi connectivity index (χ1v) is 7.01. The van der Waals surface area contributed by atoms with E-state index < -0.39 is 6.10 Å². The number of carbonyl (C=O) groups excluding carboxylic acids is 1. The first kappa shape index (κ1) is 20.9. The average molecular weight is 351 g/mol. The van der Waals surface area contributed by atoms with Gasteiger partial charge in [0.05, 0.1) is 12.1 Å². The minimum Gasteiger partial charge on any atom is -0.392 e. The van der Waals surface area contributed by atoms with Crippen molar-refractivity contribution < 1.29 is 9.90 Å². The van der Waals surface area contributed by atoms with Gasteiger partial charge in [-0.25, -0.2) is 4.98 Å². The highest BCUT2D eigenvalue weighted by Crippen LogP contribution is 2.06. The Morgan fingerprint density at radius 1 is 1.41 bits per heavy atom. The van der Waals surface area contributed by atoms with Gasteiger partial charge in [0.2, 0.25) is 5.91 Å². The van der Waals surface area contributed by atoms with E-state index in [-0.39, 0.29) is 36.8 Å². The van der Waals surface area contributed by atoms with Crippen molar-refractivity contribution in [3.8, 4) is 0 Å². The number of hydrogen-bond donors (Lipinski definition) is 4. The topological polar surface area (TPSA) is 86.3 Å². The van der Waals surface area contributed by atoms with Gasteiger partial charge < -0.3 is 21.1 Å². The Morgan fingerprint density at radius 2 is 2.18 bits per heavy atom. The summed E-state index contributed by atoms with van der Waals surface area (Å²) in [5.74, 6) is 0.817. The largest absolute Gasteiger partial charge is 0.392 e. The van der Waals surface area contributed by atoms with Crippen LogP contribution in [0.1, 0.15) is 18.4 Å². The minimum atomic E-state index is -0.403. The van der Waals surface area contributed by atoms with Crippen molar-refractivity contribution in [2.45, 2.75) is 31.9 Å². The molecule has 1 aliphatic heterocycles. The van der Waals surface area contributed by atoms with Crippen LogP contribution in [-0.2, 0) is 4.79 Å². The van der Waals surface area contributed by atoms with Crippen LogP contribution in [0.15, 0.2) is 18.3 Å². The molecule has 1 aromatic heterocycles. The summed E-state index contributed by atoms with van der Waals surface area (Å²) in [6.07, 6.45) is 2.75. The van der Waals surface area contributed by atoms with Gasteiger partial charge in [0.1, 0.15) is 5.82 Å². The van der Waals surface area contributed by atoms with E-state index in [0.29, 0.717) is 19.5 Å². The maximum Gasteiger partial charge on any atom is 0.237 e. The summed E-state index contributed by atoms with van der Waals surface area (Å²) >= 11 is 0. The molecule has 0 saturated carbocycles. The molecule has 22 heavy (non-hydrogen) atoms. The van der Waals surface area contributed by atoms with Crippen LogP contribution in [0.3, 0.4) is 0 Å². The Balaban J connectivity index is 0.00000220. The molecule has 1 aliphatic rings. The van der Waals surface area contributed by atoms with Gasteiger partial charge in [0.15, 0.2) is 0 Å². The quantitative estimate of drug-likeness (QED) is 0.572. The Morgan fingerprint density at radius 3 is 2.77 bits per heavy atom. The zero-order valence-corrected chi connectivity index (χ0v) is 14.2. The van der Waals surface area contributed by atoms with Crippen LogP contribution < -0.4 is 16.0 Å². The van der Waals surface area contributed by atoms with Gasteiger partial charge >= 0.3 is 0 Å². The van der Waals surface area contributed by atoms with Crippen molar-refractivity contribution >= 4 is 36.5 Å². The Bertz CT molecular complexity index is 445. The lowest BCUT2D eigenvalue weighted by Gasteiger charge is -2.11. The van der Waals surface area contributed by atoms with E-state index in [1.807, 2.05) is 25.3 Å². The standard InChI is InChI=1S/C14H22N4O2.2ClH/c1-10-3-4-13(18-8-10)15-5-2-6-16-14(20)12-7-11(19)9-17-12;;/h3-4,8,11-12,17,19H,2,5-7,9H2,1H3,(H,15,18)(H,16,20);2*1H. The number of aromatic nitrogens is 1.